The fourth-order valence-electron chi connectivity index (χ4n) is 0.748. The molecule has 0 saturated heterocycles. The third-order valence-corrected chi connectivity index (χ3v) is 4.33. The molecule has 0 aliphatic carbocycles. The summed E-state index contributed by atoms with van der Waals surface area (Å²) in [6.45, 7) is 0. The maximum atomic E-state index is 9.29. The third-order valence-electron chi connectivity index (χ3n) is 1.41. The molecular formula is C7H11ClMoO11P4. The van der Waals surface area contributed by atoms with E-state index in [2.05, 4.69) is 8.62 Å². The second kappa shape index (κ2) is 18.6. The number of hydrogen-bond donors (Lipinski definition) is 1. The van der Waals surface area contributed by atoms with Crippen LogP contribution < -0.4 is 19.6 Å². The molecular weight excluding hydrogens is 515 g/mol. The van der Waals surface area contributed by atoms with Crippen molar-refractivity contribution < 1.29 is 72.6 Å². The van der Waals surface area contributed by atoms with E-state index in [9.17, 15) is 37.8 Å². The quantitative estimate of drug-likeness (QED) is 0.278. The van der Waals surface area contributed by atoms with E-state index in [-0.39, 0.29) is 21.1 Å². The number of halogens is 1. The topological polar surface area (TPSA) is 199 Å². The van der Waals surface area contributed by atoms with E-state index < -0.39 is 38.6 Å². The molecule has 1 N–H and O–H groups in total. The van der Waals surface area contributed by atoms with Gasteiger partial charge in [-0.15, -0.1) is 0 Å². The van der Waals surface area contributed by atoms with Crippen LogP contribution in [0.1, 0.15) is 11.1 Å². The Balaban J connectivity index is -0.000000274. The zero-order valence-corrected chi connectivity index (χ0v) is 18.0. The van der Waals surface area contributed by atoms with E-state index in [0.29, 0.717) is 0 Å². The number of alkyl halides is 1. The summed E-state index contributed by atoms with van der Waals surface area (Å²) in [4.78, 5) is 37.1. The maximum absolute atomic E-state index is 9.29. The monoisotopic (exact) mass is 528 g/mol. The van der Waals surface area contributed by atoms with Crippen molar-refractivity contribution in [3.63, 3.8) is 0 Å². The van der Waals surface area contributed by atoms with E-state index in [1.807, 2.05) is 18.2 Å². The fraction of sp³-hybridized carbons (Fsp3) is 0.143. The average Bonchev–Trinajstić information content (AvgIpc) is 2.37. The fourth-order valence-corrected chi connectivity index (χ4v) is 1.98. The zero-order valence-electron chi connectivity index (χ0n) is 11.3. The molecule has 1 rings (SSSR count). The Morgan fingerprint density at radius 3 is 1.25 bits per heavy atom. The van der Waals surface area contributed by atoms with Gasteiger partial charge in [-0.2, -0.15) is 0 Å². The molecule has 0 amide bonds. The summed E-state index contributed by atoms with van der Waals surface area (Å²) in [5, 5.41) is 8.79. The van der Waals surface area contributed by atoms with E-state index in [4.69, 9.17) is 16.7 Å². The van der Waals surface area contributed by atoms with Gasteiger partial charge in [0.1, 0.15) is 33.0 Å². The number of benzene rings is 1. The van der Waals surface area contributed by atoms with Crippen LogP contribution in [-0.2, 0) is 47.9 Å². The van der Waals surface area contributed by atoms with Crippen LogP contribution in [0.25, 0.3) is 0 Å². The first-order valence-corrected chi connectivity index (χ1v) is 10.5. The Labute approximate surface area is 158 Å². The second-order valence-corrected chi connectivity index (χ2v) is 7.00. The first-order chi connectivity index (χ1) is 10.6. The van der Waals surface area contributed by atoms with Crippen molar-refractivity contribution in [1.29, 1.82) is 0 Å². The van der Waals surface area contributed by atoms with Gasteiger partial charge in [0.15, 0.2) is 5.56 Å². The van der Waals surface area contributed by atoms with Gasteiger partial charge >= 0.3 is 21.1 Å². The van der Waals surface area contributed by atoms with Crippen molar-refractivity contribution >= 4 is 44.6 Å². The van der Waals surface area contributed by atoms with Crippen LogP contribution in [0.15, 0.2) is 30.3 Å². The minimum absolute atomic E-state index is 0. The first-order valence-electron chi connectivity index (χ1n) is 5.13. The van der Waals surface area contributed by atoms with Gasteiger partial charge in [0, 0.05) is 0 Å². The number of aliphatic hydroxyl groups excluding tert-OH is 1. The standard InChI is InChI=1S/C7H7ClO.Mo.2H4O5P2/c8-7(9)6-4-2-1-3-5-6;;2*1-6(2)5-7(3)4/h1-5,7,9H;;2*6-7H,(H,1,2)(H,3,4)/q;+4;;/p-4. The molecule has 5 atom stereocenters. The molecule has 138 valence electrons. The third kappa shape index (κ3) is 25.1. The molecule has 5 unspecified atom stereocenters. The van der Waals surface area contributed by atoms with Gasteiger partial charge in [0.2, 0.25) is 0 Å². The van der Waals surface area contributed by atoms with Crippen molar-refractivity contribution in [2.45, 2.75) is 5.56 Å². The van der Waals surface area contributed by atoms with Crippen molar-refractivity contribution in [1.82, 2.24) is 0 Å². The number of aliphatic hydroxyl groups is 1. The molecule has 1 aromatic rings. The van der Waals surface area contributed by atoms with E-state index in [0.717, 1.165) is 5.56 Å². The van der Waals surface area contributed by atoms with E-state index in [1.54, 1.807) is 12.1 Å². The molecule has 0 saturated carbocycles. The number of hydrogen-bond acceptors (Lipinski definition) is 11. The Morgan fingerprint density at radius 2 is 1.12 bits per heavy atom. The predicted octanol–water partition coefficient (Wildman–Crippen LogP) is -1.08. The Bertz CT molecular complexity index is 480. The minimum atomic E-state index is -3.51. The van der Waals surface area contributed by atoms with Crippen molar-refractivity contribution in [3.8, 4) is 0 Å². The Hall–Kier alpha value is 0.838. The molecule has 24 heavy (non-hydrogen) atoms. The summed E-state index contributed by atoms with van der Waals surface area (Å²) in [6.07, 6.45) is 0. The average molecular weight is 526 g/mol. The van der Waals surface area contributed by atoms with Crippen LogP contribution in [0, 0.1) is 0 Å². The van der Waals surface area contributed by atoms with Crippen molar-refractivity contribution in [2.75, 3.05) is 0 Å². The van der Waals surface area contributed by atoms with Gasteiger partial charge in [-0.3, -0.25) is 8.62 Å². The molecule has 0 fully saturated rings. The van der Waals surface area contributed by atoms with Crippen LogP contribution in [0.4, 0.5) is 0 Å². The van der Waals surface area contributed by atoms with Crippen LogP contribution in [0.2, 0.25) is 0 Å². The summed E-state index contributed by atoms with van der Waals surface area (Å²) in [5.41, 5.74) is -0.134. The molecule has 0 bridgehead atoms. The second-order valence-electron chi connectivity index (χ2n) is 2.95. The summed E-state index contributed by atoms with van der Waals surface area (Å²) >= 11 is 5.36. The van der Waals surface area contributed by atoms with Gasteiger partial charge < -0.3 is 42.9 Å². The molecule has 1 aromatic carbocycles. The molecule has 0 aromatic heterocycles. The van der Waals surface area contributed by atoms with Gasteiger partial charge in [0.05, 0.1) is 0 Å². The first kappa shape index (κ1) is 29.6. The normalized spacial score (nSPS) is 15.8. The molecule has 17 heteroatoms. The van der Waals surface area contributed by atoms with Crippen molar-refractivity contribution in [3.05, 3.63) is 35.9 Å². The van der Waals surface area contributed by atoms with Crippen LogP contribution in [0.3, 0.4) is 0 Å². The summed E-state index contributed by atoms with van der Waals surface area (Å²) < 4.78 is 43.6. The molecule has 0 spiro atoms. The Morgan fingerprint density at radius 1 is 0.833 bits per heavy atom. The predicted molar refractivity (Wildman–Crippen MR) is 75.4 cm³/mol. The van der Waals surface area contributed by atoms with Crippen molar-refractivity contribution in [2.24, 2.45) is 0 Å². The maximum Gasteiger partial charge on any atom is 4.00 e. The largest absolute Gasteiger partial charge is 4.00 e. The minimum Gasteiger partial charge on any atom is -0.781 e. The van der Waals surface area contributed by atoms with Crippen LogP contribution in [-0.4, -0.2) is 5.11 Å². The summed E-state index contributed by atoms with van der Waals surface area (Å²) in [6, 6.07) is 9.10. The molecule has 0 radical (unpaired) electrons. The smallest absolute Gasteiger partial charge is 0.781 e. The molecule has 11 nitrogen and oxygen atoms in total. The Kier molecular flexibility index (Phi) is 23.0. The SMILES string of the molecule is O=[PH]([O-])O[PH](=O)[O-].O=[PH]([O-])O[PH](=O)[O-].OC(Cl)c1ccccc1.[Mo+4]. The van der Waals surface area contributed by atoms with Gasteiger partial charge in [0.25, 0.3) is 0 Å². The molecule has 0 aliphatic heterocycles. The number of rotatable bonds is 5. The molecule has 0 aliphatic rings. The van der Waals surface area contributed by atoms with E-state index >= 15 is 0 Å². The van der Waals surface area contributed by atoms with Crippen LogP contribution in [0.5, 0.6) is 0 Å². The van der Waals surface area contributed by atoms with Crippen LogP contribution >= 0.6 is 44.6 Å². The summed E-state index contributed by atoms with van der Waals surface area (Å²) in [7, 11) is -14.1. The van der Waals surface area contributed by atoms with Gasteiger partial charge in [-0.25, -0.2) is 0 Å². The van der Waals surface area contributed by atoms with E-state index in [1.165, 1.54) is 0 Å². The van der Waals surface area contributed by atoms with Gasteiger partial charge in [-0.1, -0.05) is 41.9 Å². The zero-order chi connectivity index (χ0) is 18.4. The van der Waals surface area contributed by atoms with Gasteiger partial charge in [-0.05, 0) is 5.56 Å². The summed E-state index contributed by atoms with van der Waals surface area (Å²) in [5.74, 6) is 0. The molecule has 0 heterocycles.